The molecule has 0 radical (unpaired) electrons. The molecule has 6 nitrogen and oxygen atoms in total. The number of aromatic nitrogens is 2. The highest BCUT2D eigenvalue weighted by Gasteiger charge is 2.52. The molecule has 0 saturated carbocycles. The van der Waals surface area contributed by atoms with Crippen molar-refractivity contribution in [3.8, 4) is 0 Å². The van der Waals surface area contributed by atoms with E-state index in [0.29, 0.717) is 13.2 Å². The topological polar surface area (TPSA) is 62.6 Å². The molecule has 2 rings (SSSR count). The molecule has 1 aliphatic heterocycles. The third-order valence-corrected chi connectivity index (χ3v) is 4.73. The van der Waals surface area contributed by atoms with Crippen LogP contribution < -0.4 is 5.46 Å². The number of nitrogens with zero attached hydrogens (tertiary/aromatic N) is 2. The molecule has 0 bridgehead atoms. The molecular weight excluding hydrogens is 307 g/mol. The predicted octanol–water partition coefficient (Wildman–Crippen LogP) is 2.16. The Labute approximate surface area is 145 Å². The summed E-state index contributed by atoms with van der Waals surface area (Å²) in [5.41, 5.74) is -0.563. The van der Waals surface area contributed by atoms with Gasteiger partial charge in [0.1, 0.15) is 0 Å². The van der Waals surface area contributed by atoms with Gasteiger partial charge in [-0.25, -0.2) is 0 Å². The molecule has 0 amide bonds. The van der Waals surface area contributed by atoms with Crippen LogP contribution in [0.4, 0.5) is 0 Å². The fourth-order valence-corrected chi connectivity index (χ4v) is 2.43. The molecule has 0 N–H and O–H groups in total. The molecule has 7 heteroatoms. The highest BCUT2D eigenvalue weighted by molar-refractivity contribution is 6.61. The maximum atomic E-state index is 12.1. The van der Waals surface area contributed by atoms with Crippen LogP contribution in [0.3, 0.4) is 0 Å². The summed E-state index contributed by atoms with van der Waals surface area (Å²) in [5.74, 6) is -0.211. The van der Waals surface area contributed by atoms with E-state index < -0.39 is 12.5 Å². The van der Waals surface area contributed by atoms with Gasteiger partial charge in [0.05, 0.1) is 29.8 Å². The number of carbonyl (C=O) groups is 1. The lowest BCUT2D eigenvalue weighted by atomic mass is 9.82. The zero-order chi connectivity index (χ0) is 18.2. The molecule has 0 aliphatic carbocycles. The number of esters is 1. The number of ether oxygens (including phenoxy) is 1. The molecule has 0 spiro atoms. The lowest BCUT2D eigenvalue weighted by molar-refractivity contribution is -0.154. The van der Waals surface area contributed by atoms with E-state index in [-0.39, 0.29) is 17.2 Å². The summed E-state index contributed by atoms with van der Waals surface area (Å²) in [7, 11) is -0.445. The van der Waals surface area contributed by atoms with Gasteiger partial charge in [-0.05, 0) is 48.0 Å². The van der Waals surface area contributed by atoms with E-state index >= 15 is 0 Å². The molecule has 1 saturated heterocycles. The van der Waals surface area contributed by atoms with Crippen molar-refractivity contribution >= 4 is 18.6 Å². The molecule has 134 valence electrons. The highest BCUT2D eigenvalue weighted by atomic mass is 16.7. The van der Waals surface area contributed by atoms with Crippen molar-refractivity contribution in [1.29, 1.82) is 0 Å². The van der Waals surface area contributed by atoms with Crippen LogP contribution in [0.2, 0.25) is 0 Å². The Hall–Kier alpha value is -1.34. The van der Waals surface area contributed by atoms with Gasteiger partial charge in [0.25, 0.3) is 0 Å². The van der Waals surface area contributed by atoms with Crippen molar-refractivity contribution in [3.63, 3.8) is 0 Å². The van der Waals surface area contributed by atoms with E-state index in [1.165, 1.54) is 0 Å². The van der Waals surface area contributed by atoms with E-state index in [0.717, 1.165) is 11.9 Å². The van der Waals surface area contributed by atoms with Crippen LogP contribution in [0.15, 0.2) is 12.4 Å². The molecule has 0 atom stereocenters. The standard InChI is InChI=1S/C17H29BN2O4/c1-8-9-22-14(21)15(2,3)12-20-11-13(10-19-20)18-23-16(4,5)17(6,7)24-18/h10-11H,8-9,12H2,1-7H3. The first-order chi connectivity index (χ1) is 11.0. The van der Waals surface area contributed by atoms with Crippen LogP contribution in [-0.4, -0.2) is 40.7 Å². The van der Waals surface area contributed by atoms with Gasteiger partial charge in [-0.3, -0.25) is 9.48 Å². The normalized spacial score (nSPS) is 19.5. The average Bonchev–Trinajstić information content (AvgIpc) is 2.98. The maximum Gasteiger partial charge on any atom is 0.498 e. The van der Waals surface area contributed by atoms with Crippen LogP contribution >= 0.6 is 0 Å². The van der Waals surface area contributed by atoms with Crippen LogP contribution in [0, 0.1) is 5.41 Å². The molecule has 24 heavy (non-hydrogen) atoms. The van der Waals surface area contributed by atoms with E-state index in [9.17, 15) is 4.79 Å². The van der Waals surface area contributed by atoms with Crippen molar-refractivity contribution in [3.05, 3.63) is 12.4 Å². The van der Waals surface area contributed by atoms with E-state index in [4.69, 9.17) is 14.0 Å². The summed E-state index contributed by atoms with van der Waals surface area (Å²) >= 11 is 0. The smallest absolute Gasteiger partial charge is 0.465 e. The van der Waals surface area contributed by atoms with Gasteiger partial charge in [0.2, 0.25) is 0 Å². The average molecular weight is 336 g/mol. The van der Waals surface area contributed by atoms with Gasteiger partial charge in [-0.2, -0.15) is 5.10 Å². The summed E-state index contributed by atoms with van der Waals surface area (Å²) in [6, 6.07) is 0. The Morgan fingerprint density at radius 3 is 2.42 bits per heavy atom. The first kappa shape index (κ1) is 19.0. The molecule has 1 aromatic heterocycles. The fourth-order valence-electron chi connectivity index (χ4n) is 2.43. The minimum Gasteiger partial charge on any atom is -0.465 e. The second kappa shape index (κ2) is 6.52. The number of carbonyl (C=O) groups excluding carboxylic acids is 1. The first-order valence-corrected chi connectivity index (χ1v) is 8.54. The Morgan fingerprint density at radius 1 is 1.29 bits per heavy atom. The molecule has 1 fully saturated rings. The van der Waals surface area contributed by atoms with Crippen molar-refractivity contribution in [2.24, 2.45) is 5.41 Å². The van der Waals surface area contributed by atoms with Gasteiger partial charge in [0.15, 0.2) is 0 Å². The molecule has 0 unspecified atom stereocenters. The summed E-state index contributed by atoms with van der Waals surface area (Å²) in [4.78, 5) is 12.1. The fraction of sp³-hybridized carbons (Fsp3) is 0.765. The van der Waals surface area contributed by atoms with Gasteiger partial charge in [-0.15, -0.1) is 0 Å². The molecule has 0 aromatic carbocycles. The molecule has 1 aliphatic rings. The zero-order valence-electron chi connectivity index (χ0n) is 15.9. The largest absolute Gasteiger partial charge is 0.498 e. The SMILES string of the molecule is CCCOC(=O)C(C)(C)Cn1cc(B2OC(C)(C)C(C)(C)O2)cn1. The molecule has 2 heterocycles. The van der Waals surface area contributed by atoms with E-state index in [1.54, 1.807) is 10.9 Å². The van der Waals surface area contributed by atoms with Crippen LogP contribution in [0.5, 0.6) is 0 Å². The zero-order valence-corrected chi connectivity index (χ0v) is 15.9. The van der Waals surface area contributed by atoms with Crippen molar-refractivity contribution < 1.29 is 18.8 Å². The van der Waals surface area contributed by atoms with E-state index in [1.807, 2.05) is 54.7 Å². The quantitative estimate of drug-likeness (QED) is 0.588. The lowest BCUT2D eigenvalue weighted by Crippen LogP contribution is -2.41. The van der Waals surface area contributed by atoms with Crippen molar-refractivity contribution in [2.75, 3.05) is 6.61 Å². The summed E-state index contributed by atoms with van der Waals surface area (Å²) in [6.45, 7) is 14.7. The highest BCUT2D eigenvalue weighted by Crippen LogP contribution is 2.36. The summed E-state index contributed by atoms with van der Waals surface area (Å²) in [5, 5.41) is 4.35. The lowest BCUT2D eigenvalue weighted by Gasteiger charge is -2.32. The predicted molar refractivity (Wildman–Crippen MR) is 93.0 cm³/mol. The van der Waals surface area contributed by atoms with Gasteiger partial charge in [-0.1, -0.05) is 6.92 Å². The third-order valence-electron chi connectivity index (χ3n) is 4.73. The second-order valence-corrected chi connectivity index (χ2v) is 8.08. The minimum absolute atomic E-state index is 0.211. The van der Waals surface area contributed by atoms with Crippen LogP contribution in [0.25, 0.3) is 0 Å². The minimum atomic E-state index is -0.644. The number of hydrogen-bond acceptors (Lipinski definition) is 5. The Morgan fingerprint density at radius 2 is 1.88 bits per heavy atom. The number of rotatable bonds is 6. The summed E-state index contributed by atoms with van der Waals surface area (Å²) < 4.78 is 19.1. The van der Waals surface area contributed by atoms with Crippen LogP contribution in [-0.2, 0) is 25.4 Å². The monoisotopic (exact) mass is 336 g/mol. The van der Waals surface area contributed by atoms with Gasteiger partial charge in [0, 0.05) is 17.9 Å². The Balaban J connectivity index is 2.05. The van der Waals surface area contributed by atoms with Crippen LogP contribution in [0.1, 0.15) is 54.9 Å². The Kier molecular flexibility index (Phi) is 5.16. The molecular formula is C17H29BN2O4. The Bertz CT molecular complexity index is 579. The third kappa shape index (κ3) is 3.83. The van der Waals surface area contributed by atoms with Gasteiger partial charge < -0.3 is 14.0 Å². The second-order valence-electron chi connectivity index (χ2n) is 8.08. The van der Waals surface area contributed by atoms with Crippen molar-refractivity contribution in [2.45, 2.75) is 72.6 Å². The van der Waals surface area contributed by atoms with E-state index in [2.05, 4.69) is 5.10 Å². The number of hydrogen-bond donors (Lipinski definition) is 0. The molecule has 1 aromatic rings. The summed E-state index contributed by atoms with van der Waals surface area (Å²) in [6.07, 6.45) is 4.42. The maximum absolute atomic E-state index is 12.1. The first-order valence-electron chi connectivity index (χ1n) is 8.54. The van der Waals surface area contributed by atoms with Crippen molar-refractivity contribution in [1.82, 2.24) is 9.78 Å². The van der Waals surface area contributed by atoms with Gasteiger partial charge >= 0.3 is 13.1 Å².